The van der Waals surface area contributed by atoms with Crippen LogP contribution in [-0.4, -0.2) is 121 Å². The van der Waals surface area contributed by atoms with Gasteiger partial charge in [-0.3, -0.25) is 19.3 Å². The third-order valence-corrected chi connectivity index (χ3v) is 9.99. The summed E-state index contributed by atoms with van der Waals surface area (Å²) < 4.78 is 34.1. The summed E-state index contributed by atoms with van der Waals surface area (Å²) in [7, 11) is -1.98. The third-order valence-electron chi connectivity index (χ3n) is 9.60. The average Bonchev–Trinajstić information content (AvgIpc) is 3.16. The Labute approximate surface area is 320 Å². The lowest BCUT2D eigenvalue weighted by molar-refractivity contribution is -0.156. The number of carboxylic acids is 1. The highest BCUT2D eigenvalue weighted by atomic mass is 35.5. The number of hydrogen-bond acceptors (Lipinski definition) is 11. The minimum atomic E-state index is -2.06. The van der Waals surface area contributed by atoms with Gasteiger partial charge in [-0.2, -0.15) is 0 Å². The third kappa shape index (κ3) is 7.75. The number of rotatable bonds is 7. The van der Waals surface area contributed by atoms with Gasteiger partial charge in [0, 0.05) is 43.5 Å². The van der Waals surface area contributed by atoms with Crippen molar-refractivity contribution < 1.29 is 67.7 Å². The van der Waals surface area contributed by atoms with Crippen LogP contribution in [0.15, 0.2) is 42.5 Å². The molecule has 0 radical (unpaired) electrons. The first kappa shape index (κ1) is 39.4. The zero-order chi connectivity index (χ0) is 40.6. The summed E-state index contributed by atoms with van der Waals surface area (Å²) in [6, 6.07) is 4.14. The molecule has 294 valence electrons. The monoisotopic (exact) mass is 800 g/mol. The van der Waals surface area contributed by atoms with Crippen LogP contribution in [0, 0.1) is 11.6 Å². The van der Waals surface area contributed by atoms with Gasteiger partial charge in [0.25, 0.3) is 0 Å². The molecule has 3 aromatic carbocycles. The lowest BCUT2D eigenvalue weighted by atomic mass is 9.72. The molecule has 2 atom stereocenters. The number of carbonyl (C=O) groups excluding carboxylic acids is 5. The van der Waals surface area contributed by atoms with Gasteiger partial charge in [0.2, 0.25) is 5.91 Å². The van der Waals surface area contributed by atoms with Gasteiger partial charge in [0.1, 0.15) is 28.9 Å². The zero-order valence-corrected chi connectivity index (χ0v) is 29.6. The number of nitrogens with zero attached hydrogens (tertiary/aromatic N) is 3. The number of urea groups is 2. The molecule has 1 unspecified atom stereocenters. The van der Waals surface area contributed by atoms with E-state index in [0.717, 1.165) is 12.1 Å². The predicted octanol–water partition coefficient (Wildman–Crippen LogP) is 1.69. The molecule has 3 aromatic rings. The van der Waals surface area contributed by atoms with Crippen LogP contribution in [0.2, 0.25) is 5.02 Å². The number of piperazine rings is 1. The number of likely N-dealkylation sites (tertiary alicyclic amines) is 1. The Balaban J connectivity index is 1.14. The molecule has 22 heteroatoms. The highest BCUT2D eigenvalue weighted by molar-refractivity contribution is 6.47. The molecule has 2 saturated heterocycles. The van der Waals surface area contributed by atoms with Crippen LogP contribution in [0.4, 0.5) is 24.1 Å². The summed E-state index contributed by atoms with van der Waals surface area (Å²) >= 11 is 6.16. The molecular formula is C34H32BClF2N6O12. The van der Waals surface area contributed by atoms with E-state index in [1.807, 2.05) is 0 Å². The zero-order valence-electron chi connectivity index (χ0n) is 28.9. The molecule has 3 aliphatic heterocycles. The number of carbonyl (C=O) groups is 6. The molecule has 6 rings (SSSR count). The van der Waals surface area contributed by atoms with Crippen molar-refractivity contribution in [1.29, 1.82) is 0 Å². The van der Waals surface area contributed by atoms with Crippen molar-refractivity contribution in [3.63, 3.8) is 0 Å². The maximum atomic E-state index is 14.7. The van der Waals surface area contributed by atoms with Gasteiger partial charge in [0.05, 0.1) is 11.0 Å². The van der Waals surface area contributed by atoms with Crippen LogP contribution in [0.5, 0.6) is 23.0 Å². The Kier molecular flexibility index (Phi) is 11.1. The molecule has 18 nitrogen and oxygen atoms in total. The average molecular weight is 801 g/mol. The van der Waals surface area contributed by atoms with E-state index in [1.54, 1.807) is 0 Å². The molecule has 0 spiro atoms. The number of halogens is 3. The summed E-state index contributed by atoms with van der Waals surface area (Å²) in [6.07, 6.45) is 0.278. The summed E-state index contributed by atoms with van der Waals surface area (Å²) in [5, 5.41) is 56.1. The van der Waals surface area contributed by atoms with Gasteiger partial charge in [-0.25, -0.2) is 23.2 Å². The molecule has 3 heterocycles. The number of nitrogens with one attached hydrogen (secondary N) is 3. The highest BCUT2D eigenvalue weighted by Crippen LogP contribution is 2.41. The number of carboxylic acid groups (broad SMARTS) is 1. The predicted molar refractivity (Wildman–Crippen MR) is 189 cm³/mol. The molecule has 2 fully saturated rings. The smallest absolute Gasteiger partial charge is 0.534 e. The van der Waals surface area contributed by atoms with Gasteiger partial charge >= 0.3 is 37.0 Å². The number of anilines is 1. The van der Waals surface area contributed by atoms with E-state index in [1.165, 1.54) is 34.1 Å². The molecule has 3 aliphatic rings. The van der Waals surface area contributed by atoms with Crippen molar-refractivity contribution in [1.82, 2.24) is 25.3 Å². The number of amides is 7. The number of piperidine rings is 1. The van der Waals surface area contributed by atoms with Crippen LogP contribution in [-0.2, 0) is 20.8 Å². The summed E-state index contributed by atoms with van der Waals surface area (Å²) in [4.78, 5) is 81.6. The fourth-order valence-electron chi connectivity index (χ4n) is 6.66. The fraction of sp³-hybridized carbons (Fsp3) is 0.294. The van der Waals surface area contributed by atoms with E-state index < -0.39 is 106 Å². The molecule has 0 saturated carbocycles. The first-order valence-corrected chi connectivity index (χ1v) is 17.3. The standard InChI is InChI=1S/C34H32BClF2N6O12/c36-24-19(14-21(38)26(46)27(24)47)25(29(48)40-22-13-15-1-6-20(37)23(32(51)52)28(15)56-35(22)55)41-34(54)44-12-11-43(30(49)31(44)50)17-7-9-42(10-8-17)33(53)39-16-2-4-18(45)5-3-16/h1-6,14,17,22,25,45-47,55H,7-13H2,(H,39,53)(H,40,48)(H,41,54)(H,51,52)/t22-,25?/m0/s1. The summed E-state index contributed by atoms with van der Waals surface area (Å²) in [5.41, 5.74) is -0.959. The second-order valence-electron chi connectivity index (χ2n) is 13.0. The number of phenols is 3. The molecule has 0 aliphatic carbocycles. The largest absolute Gasteiger partial charge is 0.547 e. The number of hydrogen-bond donors (Lipinski definition) is 8. The van der Waals surface area contributed by atoms with Crippen LogP contribution < -0.4 is 20.6 Å². The number of aromatic hydroxyl groups is 3. The van der Waals surface area contributed by atoms with Gasteiger partial charge < -0.3 is 55.9 Å². The minimum absolute atomic E-state index is 0.0293. The van der Waals surface area contributed by atoms with E-state index >= 15 is 0 Å². The first-order chi connectivity index (χ1) is 26.5. The Hall–Kier alpha value is -6.35. The van der Waals surface area contributed by atoms with Crippen LogP contribution >= 0.6 is 11.6 Å². The molecular weight excluding hydrogens is 769 g/mol. The van der Waals surface area contributed by atoms with Gasteiger partial charge in [-0.1, -0.05) is 17.7 Å². The second kappa shape index (κ2) is 15.8. The number of benzene rings is 3. The molecule has 56 heavy (non-hydrogen) atoms. The van der Waals surface area contributed by atoms with Crippen molar-refractivity contribution in [3.05, 3.63) is 75.8 Å². The van der Waals surface area contributed by atoms with Crippen LogP contribution in [0.3, 0.4) is 0 Å². The van der Waals surface area contributed by atoms with Crippen molar-refractivity contribution in [3.8, 4) is 23.0 Å². The normalized spacial score (nSPS) is 17.8. The van der Waals surface area contributed by atoms with E-state index in [4.69, 9.17) is 16.3 Å². The maximum absolute atomic E-state index is 14.7. The highest BCUT2D eigenvalue weighted by Gasteiger charge is 2.44. The van der Waals surface area contributed by atoms with E-state index in [0.29, 0.717) is 29.5 Å². The summed E-state index contributed by atoms with van der Waals surface area (Å²) in [6.45, 7) is -0.0231. The maximum Gasteiger partial charge on any atom is 0.547 e. The Morgan fingerprint density at radius 3 is 2.23 bits per heavy atom. The quantitative estimate of drug-likeness (QED) is 0.0735. The lowest BCUT2D eigenvalue weighted by Gasteiger charge is -2.41. The number of fused-ring (bicyclic) bond motifs is 1. The SMILES string of the molecule is O=C(O)c1c(F)ccc2c1OB(O)[C@@H](NC(=O)C(NC(=O)N1CCN(C3CCN(C(=O)Nc4ccc(O)cc4)CC3)C(=O)C1=O)c1cc(F)c(O)c(O)c1Cl)C2. The molecule has 0 aromatic heterocycles. The van der Waals surface area contributed by atoms with Crippen molar-refractivity contribution >= 4 is 60.2 Å². The number of aromatic carboxylic acids is 1. The lowest BCUT2D eigenvalue weighted by Crippen LogP contribution is -2.62. The molecule has 7 amide bonds. The van der Waals surface area contributed by atoms with E-state index in [9.17, 15) is 63.0 Å². The van der Waals surface area contributed by atoms with E-state index in [2.05, 4.69) is 16.0 Å². The van der Waals surface area contributed by atoms with Crippen LogP contribution in [0.25, 0.3) is 0 Å². The Bertz CT molecular complexity index is 2120. The van der Waals surface area contributed by atoms with E-state index in [-0.39, 0.29) is 43.9 Å². The van der Waals surface area contributed by atoms with Crippen molar-refractivity contribution in [2.24, 2.45) is 0 Å². The molecule has 0 bridgehead atoms. The van der Waals surface area contributed by atoms with Crippen molar-refractivity contribution in [2.45, 2.75) is 37.3 Å². The Morgan fingerprint density at radius 2 is 1.57 bits per heavy atom. The number of imide groups is 1. The number of phenolic OH excluding ortho intramolecular Hbond substituents is 3. The minimum Gasteiger partial charge on any atom is -0.534 e. The van der Waals surface area contributed by atoms with Gasteiger partial charge in [-0.15, -0.1) is 0 Å². The van der Waals surface area contributed by atoms with Crippen molar-refractivity contribution in [2.75, 3.05) is 31.5 Å². The topological polar surface area (TPSA) is 259 Å². The second-order valence-corrected chi connectivity index (χ2v) is 13.4. The van der Waals surface area contributed by atoms with Gasteiger partial charge in [0.15, 0.2) is 17.3 Å². The Morgan fingerprint density at radius 1 is 0.893 bits per heavy atom. The molecule has 8 N–H and O–H groups in total. The summed E-state index contributed by atoms with van der Waals surface area (Å²) in [5.74, 6) is -12.2. The first-order valence-electron chi connectivity index (χ1n) is 16.9. The van der Waals surface area contributed by atoms with Gasteiger partial charge in [-0.05, 0) is 61.2 Å². The van der Waals surface area contributed by atoms with Crippen LogP contribution in [0.1, 0.15) is 40.4 Å². The fourth-order valence-corrected chi connectivity index (χ4v) is 6.92.